The molecule has 0 spiro atoms. The molecule has 1 aliphatic rings. The molecule has 4 atom stereocenters. The number of nitrogens with one attached hydrogen (secondary N) is 1. The van der Waals surface area contributed by atoms with Gasteiger partial charge in [-0.15, -0.1) is 0 Å². The van der Waals surface area contributed by atoms with Crippen LogP contribution < -0.4 is 16.7 Å². The van der Waals surface area contributed by atoms with Crippen LogP contribution in [0.4, 0.5) is 5.82 Å². The van der Waals surface area contributed by atoms with E-state index in [-0.39, 0.29) is 17.9 Å². The molecule has 0 radical (unpaired) electrons. The highest BCUT2D eigenvalue weighted by molar-refractivity contribution is 5.97. The van der Waals surface area contributed by atoms with Gasteiger partial charge in [0.2, 0.25) is 0 Å². The van der Waals surface area contributed by atoms with Gasteiger partial charge in [0.25, 0.3) is 5.91 Å². The van der Waals surface area contributed by atoms with E-state index in [1.165, 1.54) is 13.3 Å². The molecular weight excluding hydrogens is 440 g/mol. The van der Waals surface area contributed by atoms with Crippen molar-refractivity contribution in [2.45, 2.75) is 31.1 Å². The van der Waals surface area contributed by atoms with Crippen molar-refractivity contribution >= 4 is 11.7 Å². The van der Waals surface area contributed by atoms with Gasteiger partial charge in [-0.1, -0.05) is 48.5 Å². The number of carbonyl (C=O) groups is 1. The smallest absolute Gasteiger partial charge is 0.351 e. The Bertz CT molecular complexity index is 1220. The van der Waals surface area contributed by atoms with Gasteiger partial charge < -0.3 is 30.7 Å². The van der Waals surface area contributed by atoms with Crippen LogP contribution in [0.5, 0.6) is 0 Å². The Kier molecular flexibility index (Phi) is 7.03. The number of benzene rings is 2. The van der Waals surface area contributed by atoms with Crippen LogP contribution >= 0.6 is 0 Å². The third-order valence-electron chi connectivity index (χ3n) is 5.75. The Morgan fingerprint density at radius 2 is 1.94 bits per heavy atom. The van der Waals surface area contributed by atoms with Crippen LogP contribution in [0.15, 0.2) is 65.6 Å². The van der Waals surface area contributed by atoms with Crippen LogP contribution in [-0.2, 0) is 16.0 Å². The highest BCUT2D eigenvalue weighted by Crippen LogP contribution is 2.30. The Hall–Kier alpha value is -3.57. The standard InChI is InChI=1S/C24H26N4O6/c1-33-20-19(30)18(13-29)34-23(20)28-12-17(21(25)27-24(28)32)22(31)26-11-14-6-5-9-16(10-14)15-7-3-2-4-8-15/h2-10,12,18-20,23,29-30H,11,13H2,1H3,(H,26,31)(H2,25,27,32)/t18-,19+,20-,23-/m1/s1. The highest BCUT2D eigenvalue weighted by Gasteiger charge is 2.45. The minimum absolute atomic E-state index is 0.0285. The van der Waals surface area contributed by atoms with Crippen molar-refractivity contribution in [2.75, 3.05) is 19.5 Å². The first kappa shape index (κ1) is 23.6. The monoisotopic (exact) mass is 466 g/mol. The number of hydrogen-bond donors (Lipinski definition) is 4. The van der Waals surface area contributed by atoms with Crippen molar-refractivity contribution < 1.29 is 24.5 Å². The van der Waals surface area contributed by atoms with Gasteiger partial charge in [-0.2, -0.15) is 4.98 Å². The molecule has 34 heavy (non-hydrogen) atoms. The molecule has 0 aliphatic carbocycles. The molecule has 0 unspecified atom stereocenters. The number of carbonyl (C=O) groups excluding carboxylic acids is 1. The zero-order chi connectivity index (χ0) is 24.2. The van der Waals surface area contributed by atoms with Crippen molar-refractivity contribution in [1.29, 1.82) is 0 Å². The first-order chi connectivity index (χ1) is 16.4. The van der Waals surface area contributed by atoms with E-state index in [4.69, 9.17) is 15.2 Å². The molecule has 10 nitrogen and oxygen atoms in total. The number of aliphatic hydroxyl groups is 2. The van der Waals surface area contributed by atoms with E-state index in [9.17, 15) is 19.8 Å². The first-order valence-corrected chi connectivity index (χ1v) is 10.7. The van der Waals surface area contributed by atoms with Gasteiger partial charge in [-0.3, -0.25) is 9.36 Å². The maximum absolute atomic E-state index is 12.9. The largest absolute Gasteiger partial charge is 0.394 e. The Morgan fingerprint density at radius 3 is 2.65 bits per heavy atom. The lowest BCUT2D eigenvalue weighted by Gasteiger charge is -2.21. The maximum Gasteiger partial charge on any atom is 0.351 e. The fourth-order valence-corrected chi connectivity index (χ4v) is 3.96. The van der Waals surface area contributed by atoms with Crippen LogP contribution in [0.25, 0.3) is 11.1 Å². The second-order valence-corrected chi connectivity index (χ2v) is 7.92. The van der Waals surface area contributed by atoms with E-state index in [1.54, 1.807) is 0 Å². The van der Waals surface area contributed by atoms with Crippen LogP contribution in [0, 0.1) is 0 Å². The summed E-state index contributed by atoms with van der Waals surface area (Å²) in [5.74, 6) is -0.766. The predicted octanol–water partition coefficient (Wildman–Crippen LogP) is 0.688. The van der Waals surface area contributed by atoms with Crippen molar-refractivity contribution in [3.63, 3.8) is 0 Å². The number of ether oxygens (including phenoxy) is 2. The number of nitrogens with zero attached hydrogens (tertiary/aromatic N) is 2. The number of amides is 1. The molecule has 178 valence electrons. The summed E-state index contributed by atoms with van der Waals surface area (Å²) in [4.78, 5) is 29.1. The zero-order valence-electron chi connectivity index (χ0n) is 18.5. The molecule has 1 aliphatic heterocycles. The second-order valence-electron chi connectivity index (χ2n) is 7.92. The number of hydrogen-bond acceptors (Lipinski definition) is 8. The molecule has 1 amide bonds. The van der Waals surface area contributed by atoms with Gasteiger partial charge in [0.05, 0.1) is 12.2 Å². The van der Waals surface area contributed by atoms with Gasteiger partial charge in [0.1, 0.15) is 24.1 Å². The number of aromatic nitrogens is 2. The number of nitrogen functional groups attached to an aromatic ring is 1. The van der Waals surface area contributed by atoms with Gasteiger partial charge in [-0.05, 0) is 22.8 Å². The van der Waals surface area contributed by atoms with Crippen molar-refractivity contribution in [2.24, 2.45) is 0 Å². The summed E-state index contributed by atoms with van der Waals surface area (Å²) < 4.78 is 11.9. The summed E-state index contributed by atoms with van der Waals surface area (Å²) in [5, 5.41) is 22.5. The second kappa shape index (κ2) is 10.1. The number of anilines is 1. The lowest BCUT2D eigenvalue weighted by atomic mass is 10.0. The van der Waals surface area contributed by atoms with E-state index in [0.29, 0.717) is 0 Å². The maximum atomic E-state index is 12.9. The van der Waals surface area contributed by atoms with Crippen LogP contribution in [0.2, 0.25) is 0 Å². The van der Waals surface area contributed by atoms with Gasteiger partial charge in [0, 0.05) is 19.9 Å². The Balaban J connectivity index is 1.54. The summed E-state index contributed by atoms with van der Waals surface area (Å²) in [6, 6.07) is 17.6. The van der Waals surface area contributed by atoms with E-state index in [0.717, 1.165) is 21.3 Å². The topological polar surface area (TPSA) is 149 Å². The van der Waals surface area contributed by atoms with E-state index >= 15 is 0 Å². The Labute approximate surface area is 195 Å². The molecule has 0 bridgehead atoms. The Morgan fingerprint density at radius 1 is 1.21 bits per heavy atom. The molecule has 5 N–H and O–H groups in total. The van der Waals surface area contributed by atoms with Crippen LogP contribution in [-0.4, -0.2) is 57.7 Å². The average molecular weight is 466 g/mol. The molecule has 2 heterocycles. The summed E-state index contributed by atoms with van der Waals surface area (Å²) in [5.41, 5.74) is 8.01. The summed E-state index contributed by atoms with van der Waals surface area (Å²) in [7, 11) is 1.34. The molecule has 4 rings (SSSR count). The van der Waals surface area contributed by atoms with Crippen LogP contribution in [0.3, 0.4) is 0 Å². The number of aliphatic hydroxyl groups excluding tert-OH is 2. The lowest BCUT2D eigenvalue weighted by molar-refractivity contribution is -0.0625. The molecular formula is C24H26N4O6. The van der Waals surface area contributed by atoms with Gasteiger partial charge in [0.15, 0.2) is 6.23 Å². The van der Waals surface area contributed by atoms with E-state index in [1.807, 2.05) is 54.6 Å². The number of rotatable bonds is 7. The van der Waals surface area contributed by atoms with Crippen molar-refractivity contribution in [3.8, 4) is 11.1 Å². The quantitative estimate of drug-likeness (QED) is 0.397. The van der Waals surface area contributed by atoms with Crippen molar-refractivity contribution in [3.05, 3.63) is 82.4 Å². The predicted molar refractivity (Wildman–Crippen MR) is 124 cm³/mol. The van der Waals surface area contributed by atoms with Crippen molar-refractivity contribution in [1.82, 2.24) is 14.9 Å². The third-order valence-corrected chi connectivity index (χ3v) is 5.75. The summed E-state index contributed by atoms with van der Waals surface area (Å²) >= 11 is 0. The molecule has 1 fully saturated rings. The molecule has 1 aromatic heterocycles. The zero-order valence-corrected chi connectivity index (χ0v) is 18.5. The SMILES string of the molecule is CO[C@@H]1[C@@H](O)[C@@H](CO)O[C@H]1n1cc(C(=O)NCc2cccc(-c3ccccc3)c2)c(N)nc1=O. The molecule has 0 saturated carbocycles. The minimum atomic E-state index is -1.17. The summed E-state index contributed by atoms with van der Waals surface area (Å²) in [6.45, 7) is -0.242. The lowest BCUT2D eigenvalue weighted by Crippen LogP contribution is -2.38. The normalized spacial score (nSPS) is 22.0. The van der Waals surface area contributed by atoms with Gasteiger partial charge in [-0.25, -0.2) is 4.79 Å². The fourth-order valence-electron chi connectivity index (χ4n) is 3.96. The molecule has 2 aromatic carbocycles. The first-order valence-electron chi connectivity index (χ1n) is 10.7. The highest BCUT2D eigenvalue weighted by atomic mass is 16.6. The average Bonchev–Trinajstić information content (AvgIpc) is 3.18. The minimum Gasteiger partial charge on any atom is -0.394 e. The van der Waals surface area contributed by atoms with Gasteiger partial charge >= 0.3 is 5.69 Å². The summed E-state index contributed by atoms with van der Waals surface area (Å²) in [6.07, 6.45) is -2.93. The van der Waals surface area contributed by atoms with E-state index in [2.05, 4.69) is 10.3 Å². The molecule has 3 aromatic rings. The molecule has 1 saturated heterocycles. The molecule has 10 heteroatoms. The van der Waals surface area contributed by atoms with Crippen LogP contribution in [0.1, 0.15) is 22.1 Å². The third kappa shape index (κ3) is 4.70. The number of nitrogens with two attached hydrogens (primary N) is 1. The number of methoxy groups -OCH3 is 1. The van der Waals surface area contributed by atoms with E-state index < -0.39 is 42.7 Å². The fraction of sp³-hybridized carbons (Fsp3) is 0.292.